The van der Waals surface area contributed by atoms with Gasteiger partial charge in [0.25, 0.3) is 5.91 Å². The molecule has 0 aliphatic heterocycles. The van der Waals surface area contributed by atoms with Crippen LogP contribution in [0.4, 0.5) is 5.69 Å². The fraction of sp³-hybridized carbons (Fsp3) is 0.250. The first kappa shape index (κ1) is 17.4. The average Bonchev–Trinajstić information content (AvgIpc) is 2.76. The normalized spacial score (nSPS) is 11.9. The van der Waals surface area contributed by atoms with E-state index in [1.165, 1.54) is 6.92 Å². The van der Waals surface area contributed by atoms with Crippen LogP contribution < -0.4 is 5.32 Å². The zero-order valence-corrected chi connectivity index (χ0v) is 14.3. The Morgan fingerprint density at radius 2 is 1.74 bits per heavy atom. The van der Waals surface area contributed by atoms with Gasteiger partial charge in [0.2, 0.25) is 0 Å². The third kappa shape index (κ3) is 4.50. The first-order valence-corrected chi connectivity index (χ1v) is 7.57. The largest absolute Gasteiger partial charge is 0.466 e. The van der Waals surface area contributed by atoms with Crippen molar-refractivity contribution in [3.8, 4) is 0 Å². The Morgan fingerprint density at radius 3 is 2.26 bits per heavy atom. The smallest absolute Gasteiger partial charge is 0.342 e. The van der Waals surface area contributed by atoms with Crippen molar-refractivity contribution in [2.45, 2.75) is 26.9 Å². The van der Waals surface area contributed by atoms with Crippen molar-refractivity contribution in [3.05, 3.63) is 51.4 Å². The highest BCUT2D eigenvalue weighted by Crippen LogP contribution is 2.23. The zero-order valence-electron chi connectivity index (χ0n) is 12.8. The van der Waals surface area contributed by atoms with Gasteiger partial charge in [-0.1, -0.05) is 23.2 Å². The van der Waals surface area contributed by atoms with Gasteiger partial charge in [0.1, 0.15) is 17.1 Å². The van der Waals surface area contributed by atoms with Gasteiger partial charge in [-0.3, -0.25) is 4.79 Å². The molecule has 1 atom stereocenters. The quantitative estimate of drug-likeness (QED) is 0.825. The van der Waals surface area contributed by atoms with Gasteiger partial charge in [0.05, 0.1) is 0 Å². The number of rotatable bonds is 4. The number of anilines is 1. The van der Waals surface area contributed by atoms with Crippen molar-refractivity contribution in [2.24, 2.45) is 0 Å². The van der Waals surface area contributed by atoms with Gasteiger partial charge in [0.15, 0.2) is 6.10 Å². The first-order valence-electron chi connectivity index (χ1n) is 6.81. The number of amides is 1. The van der Waals surface area contributed by atoms with E-state index in [0.717, 1.165) is 0 Å². The molecule has 1 heterocycles. The summed E-state index contributed by atoms with van der Waals surface area (Å²) in [5, 5.41) is 3.37. The Balaban J connectivity index is 2.02. The van der Waals surface area contributed by atoms with E-state index < -0.39 is 18.0 Å². The molecule has 1 N–H and O–H groups in total. The molecule has 0 bridgehead atoms. The van der Waals surface area contributed by atoms with Crippen LogP contribution in [0.15, 0.2) is 28.7 Å². The van der Waals surface area contributed by atoms with Crippen molar-refractivity contribution in [1.29, 1.82) is 0 Å². The topological polar surface area (TPSA) is 68.5 Å². The zero-order chi connectivity index (χ0) is 17.1. The van der Waals surface area contributed by atoms with Gasteiger partial charge in [-0.05, 0) is 45.0 Å². The molecule has 2 aromatic rings. The molecule has 0 saturated heterocycles. The molecule has 0 unspecified atom stereocenters. The van der Waals surface area contributed by atoms with Crippen LogP contribution in [0.3, 0.4) is 0 Å². The lowest BCUT2D eigenvalue weighted by atomic mass is 10.2. The van der Waals surface area contributed by atoms with Crippen LogP contribution in [-0.4, -0.2) is 18.0 Å². The van der Waals surface area contributed by atoms with E-state index >= 15 is 0 Å². The van der Waals surface area contributed by atoms with E-state index in [2.05, 4.69) is 5.32 Å². The molecule has 7 heteroatoms. The van der Waals surface area contributed by atoms with Gasteiger partial charge in [0, 0.05) is 15.7 Å². The van der Waals surface area contributed by atoms with Crippen LogP contribution in [0.1, 0.15) is 28.8 Å². The van der Waals surface area contributed by atoms with E-state index in [9.17, 15) is 9.59 Å². The van der Waals surface area contributed by atoms with Gasteiger partial charge in [-0.15, -0.1) is 0 Å². The number of hydrogen-bond donors (Lipinski definition) is 1. The van der Waals surface area contributed by atoms with E-state index in [0.29, 0.717) is 32.8 Å². The van der Waals surface area contributed by atoms with Crippen LogP contribution in [0.5, 0.6) is 0 Å². The summed E-state index contributed by atoms with van der Waals surface area (Å²) in [7, 11) is 0. The van der Waals surface area contributed by atoms with Crippen molar-refractivity contribution >= 4 is 40.8 Å². The maximum atomic E-state index is 12.1. The molecule has 0 radical (unpaired) electrons. The summed E-state index contributed by atoms with van der Waals surface area (Å²) in [5.41, 5.74) is 0.721. The second kappa shape index (κ2) is 7.06. The minimum absolute atomic E-state index is 0.299. The van der Waals surface area contributed by atoms with Crippen molar-refractivity contribution < 1.29 is 18.7 Å². The Kier molecular flexibility index (Phi) is 5.34. The van der Waals surface area contributed by atoms with Gasteiger partial charge < -0.3 is 14.5 Å². The van der Waals surface area contributed by atoms with E-state index in [-0.39, 0.29) is 0 Å². The maximum absolute atomic E-state index is 12.1. The molecule has 23 heavy (non-hydrogen) atoms. The molecule has 0 spiro atoms. The molecular weight excluding hydrogens is 341 g/mol. The number of aryl methyl sites for hydroxylation is 2. The monoisotopic (exact) mass is 355 g/mol. The Hall–Kier alpha value is -1.98. The third-order valence-electron chi connectivity index (χ3n) is 3.04. The second-order valence-corrected chi connectivity index (χ2v) is 5.89. The Bertz CT molecular complexity index is 734. The number of ether oxygens (including phenoxy) is 1. The average molecular weight is 356 g/mol. The van der Waals surface area contributed by atoms with Crippen LogP contribution in [0, 0.1) is 13.8 Å². The number of carbonyl (C=O) groups is 2. The number of furan rings is 1. The molecule has 5 nitrogen and oxygen atoms in total. The summed E-state index contributed by atoms with van der Waals surface area (Å²) < 4.78 is 10.4. The van der Waals surface area contributed by atoms with Crippen molar-refractivity contribution in [2.75, 3.05) is 5.32 Å². The number of nitrogens with one attached hydrogen (secondary N) is 1. The lowest BCUT2D eigenvalue weighted by Crippen LogP contribution is -2.30. The fourth-order valence-electron chi connectivity index (χ4n) is 1.98. The summed E-state index contributed by atoms with van der Waals surface area (Å²) in [6, 6.07) is 6.21. The summed E-state index contributed by atoms with van der Waals surface area (Å²) >= 11 is 11.7. The van der Waals surface area contributed by atoms with Crippen molar-refractivity contribution in [1.82, 2.24) is 0 Å². The number of hydrogen-bond acceptors (Lipinski definition) is 4. The number of benzene rings is 1. The molecule has 0 fully saturated rings. The summed E-state index contributed by atoms with van der Waals surface area (Å²) in [5.74, 6) is -0.0671. The van der Waals surface area contributed by atoms with E-state index in [4.69, 9.17) is 32.4 Å². The summed E-state index contributed by atoms with van der Waals surface area (Å²) in [6.45, 7) is 4.85. The van der Waals surface area contributed by atoms with Crippen molar-refractivity contribution in [3.63, 3.8) is 0 Å². The second-order valence-electron chi connectivity index (χ2n) is 5.02. The lowest BCUT2D eigenvalue weighted by Gasteiger charge is -2.13. The molecule has 0 aliphatic carbocycles. The number of carbonyl (C=O) groups excluding carboxylic acids is 2. The highest BCUT2D eigenvalue weighted by Gasteiger charge is 2.22. The molecule has 2 rings (SSSR count). The standard InChI is InChI=1S/C16H15Cl2NO4/c1-8-4-14(9(2)22-8)16(21)23-10(3)15(20)19-13-6-11(17)5-12(18)7-13/h4-7,10H,1-3H3,(H,19,20)/t10-/m0/s1. The van der Waals surface area contributed by atoms with Crippen LogP contribution in [0.2, 0.25) is 10.0 Å². The molecule has 1 amide bonds. The molecule has 1 aromatic heterocycles. The minimum atomic E-state index is -0.991. The molecule has 0 aliphatic rings. The third-order valence-corrected chi connectivity index (χ3v) is 3.48. The summed E-state index contributed by atoms with van der Waals surface area (Å²) in [4.78, 5) is 24.1. The number of halogens is 2. The van der Waals surface area contributed by atoms with Gasteiger partial charge in [-0.25, -0.2) is 4.79 Å². The van der Waals surface area contributed by atoms with Crippen LogP contribution >= 0.6 is 23.2 Å². The lowest BCUT2D eigenvalue weighted by molar-refractivity contribution is -0.123. The predicted molar refractivity (Wildman–Crippen MR) is 88.2 cm³/mol. The summed E-state index contributed by atoms with van der Waals surface area (Å²) in [6.07, 6.45) is -0.991. The number of esters is 1. The SMILES string of the molecule is Cc1cc(C(=O)O[C@@H](C)C(=O)Nc2cc(Cl)cc(Cl)c2)c(C)o1. The Morgan fingerprint density at radius 1 is 1.13 bits per heavy atom. The minimum Gasteiger partial charge on any atom is -0.466 e. The molecule has 0 saturated carbocycles. The highest BCUT2D eigenvalue weighted by molar-refractivity contribution is 6.35. The maximum Gasteiger partial charge on any atom is 0.342 e. The van der Waals surface area contributed by atoms with E-state index in [1.807, 2.05) is 0 Å². The highest BCUT2D eigenvalue weighted by atomic mass is 35.5. The molecule has 122 valence electrons. The first-order chi connectivity index (χ1) is 10.8. The predicted octanol–water partition coefficient (Wildman–Crippen LogP) is 4.39. The molecular formula is C16H15Cl2NO4. The Labute approximate surface area is 143 Å². The van der Waals surface area contributed by atoms with E-state index in [1.54, 1.807) is 38.1 Å². The fourth-order valence-corrected chi connectivity index (χ4v) is 2.51. The molecule has 1 aromatic carbocycles. The van der Waals surface area contributed by atoms with Gasteiger partial charge in [-0.2, -0.15) is 0 Å². The van der Waals surface area contributed by atoms with Gasteiger partial charge >= 0.3 is 5.97 Å². The van der Waals surface area contributed by atoms with Crippen LogP contribution in [0.25, 0.3) is 0 Å². The van der Waals surface area contributed by atoms with Crippen LogP contribution in [-0.2, 0) is 9.53 Å².